The van der Waals surface area contributed by atoms with Crippen molar-refractivity contribution < 1.29 is 0 Å². The van der Waals surface area contributed by atoms with E-state index in [0.717, 1.165) is 28.0 Å². The second kappa shape index (κ2) is 5.07. The smallest absolute Gasteiger partial charge is 0.0739 e. The van der Waals surface area contributed by atoms with Crippen LogP contribution in [0.2, 0.25) is 0 Å². The highest BCUT2D eigenvalue weighted by atomic mass is 79.9. The number of fused-ring (bicyclic) bond motifs is 1. The molecule has 1 aromatic carbocycles. The molecular weight excluding hydrogens is 316 g/mol. The molecule has 2 heterocycles. The van der Waals surface area contributed by atoms with Gasteiger partial charge in [0, 0.05) is 25.3 Å². The van der Waals surface area contributed by atoms with Crippen LogP contribution in [0.5, 0.6) is 0 Å². The van der Waals surface area contributed by atoms with E-state index < -0.39 is 0 Å². The third kappa shape index (κ3) is 2.17. The standard InChI is InChI=1S/C15H17BrN4/c1-10-15(16)14(19(2)18-10)9-20-6-5-12-4-3-11(8-17)7-13(12)20/h3-7H,8-9,17H2,1-2H3. The Hall–Kier alpha value is -1.59. The molecule has 0 aliphatic carbocycles. The average Bonchev–Trinajstić information content (AvgIpc) is 2.95. The first kappa shape index (κ1) is 13.4. The number of hydrogen-bond donors (Lipinski definition) is 1. The number of aryl methyl sites for hydroxylation is 2. The zero-order valence-corrected chi connectivity index (χ0v) is 13.2. The predicted octanol–water partition coefficient (Wildman–Crippen LogP) is 2.95. The molecule has 0 radical (unpaired) electrons. The fourth-order valence-corrected chi connectivity index (χ4v) is 2.97. The van der Waals surface area contributed by atoms with Gasteiger partial charge < -0.3 is 10.3 Å². The van der Waals surface area contributed by atoms with Gasteiger partial charge in [0.2, 0.25) is 0 Å². The SMILES string of the molecule is Cc1nn(C)c(Cn2ccc3ccc(CN)cc32)c1Br. The zero-order chi connectivity index (χ0) is 14.3. The molecular formula is C15H17BrN4. The first-order valence-corrected chi connectivity index (χ1v) is 7.35. The van der Waals surface area contributed by atoms with Crippen LogP contribution in [0.1, 0.15) is 17.0 Å². The molecule has 2 aromatic heterocycles. The van der Waals surface area contributed by atoms with Crippen molar-refractivity contribution >= 4 is 26.8 Å². The molecule has 4 nitrogen and oxygen atoms in total. The van der Waals surface area contributed by atoms with Gasteiger partial charge in [-0.15, -0.1) is 0 Å². The highest BCUT2D eigenvalue weighted by Gasteiger charge is 2.12. The summed E-state index contributed by atoms with van der Waals surface area (Å²) in [6.07, 6.45) is 2.11. The average molecular weight is 333 g/mol. The molecule has 0 spiro atoms. The molecule has 0 saturated carbocycles. The van der Waals surface area contributed by atoms with Gasteiger partial charge in [0.1, 0.15) is 0 Å². The number of halogens is 1. The summed E-state index contributed by atoms with van der Waals surface area (Å²) in [5.41, 5.74) is 10.3. The van der Waals surface area contributed by atoms with E-state index in [1.807, 2.05) is 18.7 Å². The number of hydrogen-bond acceptors (Lipinski definition) is 2. The maximum atomic E-state index is 5.73. The molecule has 0 bridgehead atoms. The maximum absolute atomic E-state index is 5.73. The molecule has 3 rings (SSSR count). The predicted molar refractivity (Wildman–Crippen MR) is 84.6 cm³/mol. The summed E-state index contributed by atoms with van der Waals surface area (Å²) < 4.78 is 5.24. The Labute approximate surface area is 126 Å². The van der Waals surface area contributed by atoms with Gasteiger partial charge in [0.05, 0.1) is 22.4 Å². The van der Waals surface area contributed by atoms with Crippen molar-refractivity contribution in [2.75, 3.05) is 0 Å². The van der Waals surface area contributed by atoms with Crippen LogP contribution >= 0.6 is 15.9 Å². The summed E-state index contributed by atoms with van der Waals surface area (Å²) in [4.78, 5) is 0. The van der Waals surface area contributed by atoms with Gasteiger partial charge >= 0.3 is 0 Å². The molecule has 0 amide bonds. The van der Waals surface area contributed by atoms with Crippen molar-refractivity contribution in [3.05, 3.63) is 51.9 Å². The third-order valence-electron chi connectivity index (χ3n) is 3.66. The first-order valence-electron chi connectivity index (χ1n) is 6.56. The lowest BCUT2D eigenvalue weighted by Gasteiger charge is -2.08. The Morgan fingerprint density at radius 1 is 1.30 bits per heavy atom. The van der Waals surface area contributed by atoms with E-state index in [9.17, 15) is 0 Å². The molecule has 104 valence electrons. The molecule has 3 aromatic rings. The van der Waals surface area contributed by atoms with Crippen LogP contribution in [0.25, 0.3) is 10.9 Å². The number of aromatic nitrogens is 3. The lowest BCUT2D eigenvalue weighted by molar-refractivity contribution is 0.671. The Kier molecular flexibility index (Phi) is 3.40. The zero-order valence-electron chi connectivity index (χ0n) is 11.6. The van der Waals surface area contributed by atoms with Crippen molar-refractivity contribution in [1.29, 1.82) is 0 Å². The Morgan fingerprint density at radius 2 is 2.10 bits per heavy atom. The normalized spacial score (nSPS) is 11.4. The summed E-state index contributed by atoms with van der Waals surface area (Å²) in [6, 6.07) is 8.49. The molecule has 20 heavy (non-hydrogen) atoms. The lowest BCUT2D eigenvalue weighted by Crippen LogP contribution is -2.05. The lowest BCUT2D eigenvalue weighted by atomic mass is 10.1. The van der Waals surface area contributed by atoms with Gasteiger partial charge in [-0.25, -0.2) is 0 Å². The maximum Gasteiger partial charge on any atom is 0.0739 e. The largest absolute Gasteiger partial charge is 0.341 e. The monoisotopic (exact) mass is 332 g/mol. The van der Waals surface area contributed by atoms with Crippen LogP contribution in [0.3, 0.4) is 0 Å². The molecule has 0 aliphatic heterocycles. The van der Waals surface area contributed by atoms with E-state index in [0.29, 0.717) is 6.54 Å². The Bertz CT molecular complexity index is 770. The minimum atomic E-state index is 0.565. The summed E-state index contributed by atoms with van der Waals surface area (Å²) >= 11 is 3.62. The Balaban J connectivity index is 2.06. The van der Waals surface area contributed by atoms with E-state index in [1.165, 1.54) is 10.9 Å². The molecule has 0 unspecified atom stereocenters. The number of benzene rings is 1. The van der Waals surface area contributed by atoms with Crippen molar-refractivity contribution in [3.63, 3.8) is 0 Å². The van der Waals surface area contributed by atoms with Crippen molar-refractivity contribution in [3.8, 4) is 0 Å². The van der Waals surface area contributed by atoms with E-state index in [4.69, 9.17) is 5.73 Å². The van der Waals surface area contributed by atoms with E-state index >= 15 is 0 Å². The van der Waals surface area contributed by atoms with Gasteiger partial charge in [-0.3, -0.25) is 4.68 Å². The van der Waals surface area contributed by atoms with E-state index in [-0.39, 0.29) is 0 Å². The van der Waals surface area contributed by atoms with Crippen LogP contribution in [0.15, 0.2) is 34.9 Å². The Morgan fingerprint density at radius 3 is 2.75 bits per heavy atom. The second-order valence-corrected chi connectivity index (χ2v) is 5.80. The number of nitrogens with zero attached hydrogens (tertiary/aromatic N) is 3. The highest BCUT2D eigenvalue weighted by Crippen LogP contribution is 2.24. The van der Waals surface area contributed by atoms with Crippen LogP contribution < -0.4 is 5.73 Å². The minimum Gasteiger partial charge on any atom is -0.341 e. The van der Waals surface area contributed by atoms with Crippen LogP contribution in [-0.2, 0) is 20.1 Å². The fourth-order valence-electron chi connectivity index (χ4n) is 2.51. The van der Waals surface area contributed by atoms with Gasteiger partial charge in [-0.1, -0.05) is 12.1 Å². The van der Waals surface area contributed by atoms with Crippen molar-refractivity contribution in [2.24, 2.45) is 12.8 Å². The molecule has 0 atom stereocenters. The van der Waals surface area contributed by atoms with Crippen LogP contribution in [-0.4, -0.2) is 14.3 Å². The van der Waals surface area contributed by atoms with Crippen LogP contribution in [0.4, 0.5) is 0 Å². The van der Waals surface area contributed by atoms with Crippen molar-refractivity contribution in [2.45, 2.75) is 20.0 Å². The number of rotatable bonds is 3. The van der Waals surface area contributed by atoms with Crippen molar-refractivity contribution in [1.82, 2.24) is 14.3 Å². The minimum absolute atomic E-state index is 0.565. The summed E-state index contributed by atoms with van der Waals surface area (Å²) in [5, 5.41) is 5.67. The van der Waals surface area contributed by atoms with Gasteiger partial charge in [-0.05, 0) is 45.9 Å². The van der Waals surface area contributed by atoms with Gasteiger partial charge in [0.15, 0.2) is 0 Å². The van der Waals surface area contributed by atoms with Crippen LogP contribution in [0, 0.1) is 6.92 Å². The summed E-state index contributed by atoms with van der Waals surface area (Å²) in [5.74, 6) is 0. The summed E-state index contributed by atoms with van der Waals surface area (Å²) in [6.45, 7) is 3.36. The molecule has 0 fully saturated rings. The first-order chi connectivity index (χ1) is 9.60. The number of nitrogens with two attached hydrogens (primary N) is 1. The molecule has 5 heteroatoms. The topological polar surface area (TPSA) is 48.8 Å². The quantitative estimate of drug-likeness (QED) is 0.801. The van der Waals surface area contributed by atoms with E-state index in [2.05, 4.69) is 56.1 Å². The second-order valence-electron chi connectivity index (χ2n) is 5.01. The van der Waals surface area contributed by atoms with Gasteiger partial charge in [-0.2, -0.15) is 5.10 Å². The van der Waals surface area contributed by atoms with Gasteiger partial charge in [0.25, 0.3) is 0 Å². The fraction of sp³-hybridized carbons (Fsp3) is 0.267. The van der Waals surface area contributed by atoms with E-state index in [1.54, 1.807) is 0 Å². The molecule has 2 N–H and O–H groups in total. The third-order valence-corrected chi connectivity index (χ3v) is 4.69. The summed E-state index contributed by atoms with van der Waals surface area (Å²) in [7, 11) is 1.98. The highest BCUT2D eigenvalue weighted by molar-refractivity contribution is 9.10. The molecule has 0 aliphatic rings. The molecule has 0 saturated heterocycles.